The maximum atomic E-state index is 11.6. The summed E-state index contributed by atoms with van der Waals surface area (Å²) >= 11 is 0. The Morgan fingerprint density at radius 1 is 1.29 bits per heavy atom. The van der Waals surface area contributed by atoms with Gasteiger partial charge in [-0.05, 0) is 19.8 Å². The fraction of sp³-hybridized carbons (Fsp3) is 0.700. The van der Waals surface area contributed by atoms with Gasteiger partial charge in [-0.2, -0.15) is 0 Å². The highest BCUT2D eigenvalue weighted by atomic mass is 16.5. The monoisotopic (exact) mass is 244 g/mol. The predicted octanol–water partition coefficient (Wildman–Crippen LogP) is -1.13. The number of carboxylic acids is 1. The van der Waals surface area contributed by atoms with E-state index in [1.165, 1.54) is 7.05 Å². The first-order valence-corrected chi connectivity index (χ1v) is 5.36. The minimum Gasteiger partial charge on any atom is -0.479 e. The molecule has 1 rings (SSSR count). The topological polar surface area (TPSA) is 105 Å². The van der Waals surface area contributed by atoms with Gasteiger partial charge in [0.15, 0.2) is 6.10 Å². The van der Waals surface area contributed by atoms with E-state index in [0.29, 0.717) is 12.8 Å². The number of carbonyl (C=O) groups is 3. The van der Waals surface area contributed by atoms with E-state index in [2.05, 4.69) is 10.6 Å². The minimum atomic E-state index is -1.07. The van der Waals surface area contributed by atoms with Crippen LogP contribution >= 0.6 is 0 Å². The zero-order valence-electron chi connectivity index (χ0n) is 9.73. The molecular formula is C10H16N2O5. The van der Waals surface area contributed by atoms with Crippen LogP contribution in [0.4, 0.5) is 0 Å². The quantitative estimate of drug-likeness (QED) is 0.580. The molecule has 0 radical (unpaired) electrons. The van der Waals surface area contributed by atoms with Gasteiger partial charge in [0.25, 0.3) is 0 Å². The molecule has 96 valence electrons. The fourth-order valence-corrected chi connectivity index (χ4v) is 1.60. The number of carboxylic acid groups (broad SMARTS) is 1. The summed E-state index contributed by atoms with van der Waals surface area (Å²) in [4.78, 5) is 33.4. The lowest BCUT2D eigenvalue weighted by molar-refractivity contribution is -0.152. The predicted molar refractivity (Wildman–Crippen MR) is 57.2 cm³/mol. The van der Waals surface area contributed by atoms with Crippen LogP contribution in [0.5, 0.6) is 0 Å². The summed E-state index contributed by atoms with van der Waals surface area (Å²) in [7, 11) is 1.47. The van der Waals surface area contributed by atoms with Crippen molar-refractivity contribution in [2.75, 3.05) is 7.05 Å². The fourth-order valence-electron chi connectivity index (χ4n) is 1.60. The maximum absolute atomic E-state index is 11.6. The zero-order chi connectivity index (χ0) is 13.0. The molecule has 1 aliphatic heterocycles. The molecule has 0 aromatic heterocycles. The first kappa shape index (κ1) is 13.4. The first-order valence-electron chi connectivity index (χ1n) is 5.36. The minimum absolute atomic E-state index is 0.307. The van der Waals surface area contributed by atoms with Crippen molar-refractivity contribution < 1.29 is 24.2 Å². The Bertz CT molecular complexity index is 331. The summed E-state index contributed by atoms with van der Waals surface area (Å²) in [6, 6.07) is -0.667. The molecule has 7 heteroatoms. The van der Waals surface area contributed by atoms with Gasteiger partial charge in [-0.3, -0.25) is 9.59 Å². The second kappa shape index (κ2) is 5.62. The first-order chi connectivity index (χ1) is 7.95. The van der Waals surface area contributed by atoms with E-state index in [1.807, 2.05) is 0 Å². The summed E-state index contributed by atoms with van der Waals surface area (Å²) in [5.74, 6) is -1.84. The van der Waals surface area contributed by atoms with Gasteiger partial charge in [-0.15, -0.1) is 0 Å². The summed E-state index contributed by atoms with van der Waals surface area (Å²) < 4.78 is 5.06. The van der Waals surface area contributed by atoms with E-state index in [9.17, 15) is 14.4 Å². The third-order valence-electron chi connectivity index (χ3n) is 2.59. The summed E-state index contributed by atoms with van der Waals surface area (Å²) in [6.45, 7) is 1.54. The zero-order valence-corrected chi connectivity index (χ0v) is 9.73. The molecule has 17 heavy (non-hydrogen) atoms. The van der Waals surface area contributed by atoms with Crippen LogP contribution in [-0.2, 0) is 19.1 Å². The van der Waals surface area contributed by atoms with Gasteiger partial charge in [0.1, 0.15) is 12.1 Å². The summed E-state index contributed by atoms with van der Waals surface area (Å²) in [5.41, 5.74) is 0. The number of ether oxygens (including phenoxy) is 1. The van der Waals surface area contributed by atoms with E-state index in [-0.39, 0.29) is 5.91 Å². The van der Waals surface area contributed by atoms with Crippen LogP contribution in [0.3, 0.4) is 0 Å². The number of hydrogen-bond acceptors (Lipinski definition) is 4. The van der Waals surface area contributed by atoms with Crippen molar-refractivity contribution in [2.24, 2.45) is 0 Å². The highest BCUT2D eigenvalue weighted by molar-refractivity contribution is 5.89. The number of hydrogen-bond donors (Lipinski definition) is 3. The van der Waals surface area contributed by atoms with Crippen LogP contribution in [0.1, 0.15) is 19.8 Å². The second-order valence-electron chi connectivity index (χ2n) is 3.87. The highest BCUT2D eigenvalue weighted by Crippen LogP contribution is 2.19. The van der Waals surface area contributed by atoms with Gasteiger partial charge in [0.2, 0.25) is 11.8 Å². The van der Waals surface area contributed by atoms with Crippen molar-refractivity contribution in [1.82, 2.24) is 10.6 Å². The van der Waals surface area contributed by atoms with Crippen LogP contribution in [0.25, 0.3) is 0 Å². The molecule has 1 saturated heterocycles. The van der Waals surface area contributed by atoms with E-state index in [1.54, 1.807) is 6.92 Å². The van der Waals surface area contributed by atoms with Gasteiger partial charge in [0.05, 0.1) is 0 Å². The largest absolute Gasteiger partial charge is 0.479 e. The lowest BCUT2D eigenvalue weighted by atomic mass is 10.2. The molecule has 0 spiro atoms. The SMILES string of the molecule is CNC(=O)C(C)NC(=O)[C@@H]1CC[C@H](C(=O)O)O1. The molecule has 1 fully saturated rings. The molecule has 0 aromatic rings. The van der Waals surface area contributed by atoms with E-state index < -0.39 is 30.1 Å². The normalized spacial score (nSPS) is 25.1. The number of nitrogens with one attached hydrogen (secondary N) is 2. The van der Waals surface area contributed by atoms with E-state index >= 15 is 0 Å². The van der Waals surface area contributed by atoms with Gasteiger partial charge >= 0.3 is 5.97 Å². The number of rotatable bonds is 4. The van der Waals surface area contributed by atoms with Crippen molar-refractivity contribution in [3.05, 3.63) is 0 Å². The van der Waals surface area contributed by atoms with Crippen LogP contribution in [0.15, 0.2) is 0 Å². The molecule has 3 atom stereocenters. The van der Waals surface area contributed by atoms with E-state index in [4.69, 9.17) is 9.84 Å². The summed E-state index contributed by atoms with van der Waals surface area (Å²) in [6.07, 6.45) is -1.06. The molecule has 1 unspecified atom stereocenters. The van der Waals surface area contributed by atoms with Crippen molar-refractivity contribution >= 4 is 17.8 Å². The van der Waals surface area contributed by atoms with Crippen LogP contribution < -0.4 is 10.6 Å². The Labute approximate surface area is 98.5 Å². The Kier molecular flexibility index (Phi) is 4.45. The summed E-state index contributed by atoms with van der Waals surface area (Å²) in [5, 5.41) is 13.6. The maximum Gasteiger partial charge on any atom is 0.332 e. The van der Waals surface area contributed by atoms with Crippen LogP contribution in [-0.4, -0.2) is 48.2 Å². The van der Waals surface area contributed by atoms with E-state index in [0.717, 1.165) is 0 Å². The lowest BCUT2D eigenvalue weighted by Gasteiger charge is -2.15. The van der Waals surface area contributed by atoms with Crippen molar-refractivity contribution in [3.8, 4) is 0 Å². The average molecular weight is 244 g/mol. The van der Waals surface area contributed by atoms with Gasteiger partial charge < -0.3 is 20.5 Å². The molecule has 0 bridgehead atoms. The Hall–Kier alpha value is -1.63. The molecule has 1 aliphatic rings. The smallest absolute Gasteiger partial charge is 0.332 e. The molecule has 3 N–H and O–H groups in total. The standard InChI is InChI=1S/C10H16N2O5/c1-5(8(13)11-2)12-9(14)6-3-4-7(17-6)10(15)16/h5-7H,3-4H2,1-2H3,(H,11,13)(H,12,14)(H,15,16)/t5?,6-,7+/m0/s1. The number of amides is 2. The van der Waals surface area contributed by atoms with Gasteiger partial charge in [-0.25, -0.2) is 4.79 Å². The van der Waals surface area contributed by atoms with Crippen molar-refractivity contribution in [3.63, 3.8) is 0 Å². The van der Waals surface area contributed by atoms with Crippen LogP contribution in [0.2, 0.25) is 0 Å². The molecule has 2 amide bonds. The Morgan fingerprint density at radius 2 is 1.88 bits per heavy atom. The average Bonchev–Trinajstić information content (AvgIpc) is 2.77. The van der Waals surface area contributed by atoms with Gasteiger partial charge in [-0.1, -0.05) is 0 Å². The third kappa shape index (κ3) is 3.42. The third-order valence-corrected chi connectivity index (χ3v) is 2.59. The number of carbonyl (C=O) groups excluding carboxylic acids is 2. The molecule has 7 nitrogen and oxygen atoms in total. The number of likely N-dealkylation sites (N-methyl/N-ethyl adjacent to an activating group) is 1. The molecule has 0 aliphatic carbocycles. The number of aliphatic carboxylic acids is 1. The van der Waals surface area contributed by atoms with Crippen LogP contribution in [0, 0.1) is 0 Å². The molecule has 1 heterocycles. The van der Waals surface area contributed by atoms with Gasteiger partial charge in [0, 0.05) is 7.05 Å². The second-order valence-corrected chi connectivity index (χ2v) is 3.87. The lowest BCUT2D eigenvalue weighted by Crippen LogP contribution is -2.47. The Balaban J connectivity index is 2.45. The highest BCUT2D eigenvalue weighted by Gasteiger charge is 2.35. The Morgan fingerprint density at radius 3 is 2.35 bits per heavy atom. The van der Waals surface area contributed by atoms with Crippen molar-refractivity contribution in [1.29, 1.82) is 0 Å². The van der Waals surface area contributed by atoms with Crippen molar-refractivity contribution in [2.45, 2.75) is 38.0 Å². The molecule has 0 aromatic carbocycles. The molecular weight excluding hydrogens is 228 g/mol. The molecule has 0 saturated carbocycles.